The Labute approximate surface area is 230 Å². The lowest BCUT2D eigenvalue weighted by Gasteiger charge is -2.08. The number of hydrogen-bond acceptors (Lipinski definition) is 5. The first kappa shape index (κ1) is 26.6. The van der Waals surface area contributed by atoms with Crippen molar-refractivity contribution < 1.29 is 14.6 Å². The number of carboxylic acid groups (broad SMARTS) is 1. The Hall–Kier alpha value is -4.95. The largest absolute Gasteiger partial charge is 0.489 e. The Morgan fingerprint density at radius 2 is 1.70 bits per heavy atom. The summed E-state index contributed by atoms with van der Waals surface area (Å²) in [6.45, 7) is 2.90. The van der Waals surface area contributed by atoms with Gasteiger partial charge in [-0.1, -0.05) is 54.6 Å². The molecule has 0 unspecified atom stereocenters. The number of fused-ring (bicyclic) bond motifs is 3. The molecule has 0 fully saturated rings. The van der Waals surface area contributed by atoms with E-state index in [1.165, 1.54) is 0 Å². The van der Waals surface area contributed by atoms with E-state index in [1.807, 2.05) is 85.1 Å². The number of H-pyrrole nitrogens is 1. The molecule has 6 rings (SSSR count). The van der Waals surface area contributed by atoms with E-state index in [9.17, 15) is 4.79 Å². The molecule has 0 aliphatic carbocycles. The number of aryl methyl sites for hydroxylation is 1. The number of aromatic amines is 1. The fourth-order valence-corrected chi connectivity index (χ4v) is 4.69. The molecule has 2 aromatic heterocycles. The molecule has 8 nitrogen and oxygen atoms in total. The Balaban J connectivity index is 0.000000758. The third kappa shape index (κ3) is 5.87. The van der Waals surface area contributed by atoms with Crippen LogP contribution < -0.4 is 16.0 Å². The number of carboxylic acids is 1. The molecule has 0 aliphatic rings. The van der Waals surface area contributed by atoms with Gasteiger partial charge in [0.25, 0.3) is 11.5 Å². The van der Waals surface area contributed by atoms with Gasteiger partial charge in [-0.3, -0.25) is 9.59 Å². The van der Waals surface area contributed by atoms with Gasteiger partial charge in [0.15, 0.2) is 0 Å². The molecule has 0 bridgehead atoms. The normalized spacial score (nSPS) is 10.9. The Morgan fingerprint density at radius 1 is 1.00 bits per heavy atom. The van der Waals surface area contributed by atoms with E-state index in [1.54, 1.807) is 0 Å². The molecule has 6 aromatic rings. The highest BCUT2D eigenvalue weighted by Crippen LogP contribution is 2.32. The molecule has 8 heteroatoms. The summed E-state index contributed by atoms with van der Waals surface area (Å²) in [6.07, 6.45) is 2.83. The predicted molar refractivity (Wildman–Crippen MR) is 159 cm³/mol. The maximum absolute atomic E-state index is 13.2. The van der Waals surface area contributed by atoms with Crippen LogP contribution in [0.1, 0.15) is 18.9 Å². The second-order valence-corrected chi connectivity index (χ2v) is 9.48. The van der Waals surface area contributed by atoms with E-state index in [0.717, 1.165) is 69.5 Å². The zero-order chi connectivity index (χ0) is 28.1. The van der Waals surface area contributed by atoms with Crippen molar-refractivity contribution in [2.75, 3.05) is 6.54 Å². The summed E-state index contributed by atoms with van der Waals surface area (Å²) in [4.78, 5) is 30.1. The number of benzene rings is 4. The zero-order valence-corrected chi connectivity index (χ0v) is 22.1. The molecule has 2 heterocycles. The number of aliphatic carboxylic acids is 1. The van der Waals surface area contributed by atoms with Gasteiger partial charge >= 0.3 is 0 Å². The fraction of sp³-hybridized carbons (Fsp3) is 0.156. The van der Waals surface area contributed by atoms with E-state index in [4.69, 9.17) is 25.4 Å². The number of nitrogens with two attached hydrogens (primary N) is 1. The first-order valence-electron chi connectivity index (χ1n) is 13.1. The minimum atomic E-state index is -0.833. The summed E-state index contributed by atoms with van der Waals surface area (Å²) in [5.74, 6) is -0.0585. The summed E-state index contributed by atoms with van der Waals surface area (Å²) in [7, 11) is 0. The Morgan fingerprint density at radius 3 is 2.42 bits per heavy atom. The highest BCUT2D eigenvalue weighted by atomic mass is 16.5. The molecule has 0 saturated heterocycles. The Bertz CT molecular complexity index is 1850. The van der Waals surface area contributed by atoms with E-state index in [2.05, 4.69) is 15.6 Å². The number of carbonyl (C=O) groups is 1. The quantitative estimate of drug-likeness (QED) is 0.225. The number of rotatable bonds is 7. The molecule has 0 spiro atoms. The van der Waals surface area contributed by atoms with Crippen molar-refractivity contribution >= 4 is 38.7 Å². The fourth-order valence-electron chi connectivity index (χ4n) is 4.69. The molecule has 40 heavy (non-hydrogen) atoms. The van der Waals surface area contributed by atoms with Crippen LogP contribution in [0.2, 0.25) is 0 Å². The molecule has 0 amide bonds. The van der Waals surface area contributed by atoms with Crippen LogP contribution in [0.15, 0.2) is 95.9 Å². The molecular formula is C32H30N4O4. The molecule has 0 radical (unpaired) electrons. The molecule has 4 aromatic carbocycles. The lowest BCUT2D eigenvalue weighted by atomic mass is 10.1. The number of nitrogens with zero attached hydrogens (tertiary/aromatic N) is 2. The standard InChI is InChI=1S/C30H26N4O2.C2H4O2/c31-13-6-14-34-18-25(24-12-11-23(17-28(24)34)36-19-20-7-2-1-3-8-20)29-30(35)33-27-16-22-10-5-4-9-21(22)15-26(27)32-29;1-2(3)4/h1-5,7-12,15-18H,6,13-14,19,31H2,(H,33,35);1H3,(H,3,4). The summed E-state index contributed by atoms with van der Waals surface area (Å²) in [5, 5.41) is 10.5. The highest BCUT2D eigenvalue weighted by molar-refractivity contribution is 5.98. The van der Waals surface area contributed by atoms with Gasteiger partial charge < -0.3 is 25.1 Å². The van der Waals surface area contributed by atoms with Crippen LogP contribution in [0.25, 0.3) is 44.0 Å². The smallest absolute Gasteiger partial charge is 0.300 e. The summed E-state index contributed by atoms with van der Waals surface area (Å²) in [5.41, 5.74) is 10.4. The minimum absolute atomic E-state index is 0.208. The maximum Gasteiger partial charge on any atom is 0.300 e. The zero-order valence-electron chi connectivity index (χ0n) is 22.1. The average Bonchev–Trinajstić information content (AvgIpc) is 3.31. The summed E-state index contributed by atoms with van der Waals surface area (Å²) in [6, 6.07) is 28.1. The number of nitrogens with one attached hydrogen (secondary N) is 1. The molecule has 0 atom stereocenters. The van der Waals surface area contributed by atoms with E-state index >= 15 is 0 Å². The minimum Gasteiger partial charge on any atom is -0.489 e. The molecule has 0 aliphatic heterocycles. The average molecular weight is 535 g/mol. The van der Waals surface area contributed by atoms with Crippen molar-refractivity contribution in [1.82, 2.24) is 14.5 Å². The number of ether oxygens (including phenoxy) is 1. The van der Waals surface area contributed by atoms with Gasteiger partial charge in [0.1, 0.15) is 18.1 Å². The van der Waals surface area contributed by atoms with E-state index < -0.39 is 5.97 Å². The van der Waals surface area contributed by atoms with Gasteiger partial charge in [0, 0.05) is 36.7 Å². The van der Waals surface area contributed by atoms with Gasteiger partial charge in [-0.25, -0.2) is 4.98 Å². The van der Waals surface area contributed by atoms with Gasteiger partial charge in [0.2, 0.25) is 0 Å². The van der Waals surface area contributed by atoms with Crippen LogP contribution in [0.4, 0.5) is 0 Å². The third-order valence-corrected chi connectivity index (χ3v) is 6.52. The topological polar surface area (TPSA) is 123 Å². The van der Waals surface area contributed by atoms with Crippen LogP contribution >= 0.6 is 0 Å². The van der Waals surface area contributed by atoms with Gasteiger partial charge in [-0.15, -0.1) is 0 Å². The second-order valence-electron chi connectivity index (χ2n) is 9.48. The van der Waals surface area contributed by atoms with Crippen molar-refractivity contribution in [3.05, 3.63) is 107 Å². The van der Waals surface area contributed by atoms with Crippen LogP contribution in [0.5, 0.6) is 5.75 Å². The van der Waals surface area contributed by atoms with Crippen LogP contribution in [0, 0.1) is 0 Å². The Kier molecular flexibility index (Phi) is 7.89. The third-order valence-electron chi connectivity index (χ3n) is 6.52. The van der Waals surface area contributed by atoms with E-state index in [-0.39, 0.29) is 5.56 Å². The monoisotopic (exact) mass is 534 g/mol. The number of hydrogen-bond donors (Lipinski definition) is 3. The highest BCUT2D eigenvalue weighted by Gasteiger charge is 2.16. The van der Waals surface area contributed by atoms with Crippen LogP contribution in [-0.2, 0) is 17.9 Å². The predicted octanol–water partition coefficient (Wildman–Crippen LogP) is 5.72. The van der Waals surface area contributed by atoms with Gasteiger partial charge in [-0.05, 0) is 53.6 Å². The molecule has 0 saturated carbocycles. The first-order valence-corrected chi connectivity index (χ1v) is 13.1. The molecule has 202 valence electrons. The van der Waals surface area contributed by atoms with E-state index in [0.29, 0.717) is 18.8 Å². The van der Waals surface area contributed by atoms with Crippen molar-refractivity contribution in [1.29, 1.82) is 0 Å². The second kappa shape index (κ2) is 11.8. The molecule has 4 N–H and O–H groups in total. The maximum atomic E-state index is 13.2. The van der Waals surface area contributed by atoms with Crippen molar-refractivity contribution in [3.8, 4) is 17.0 Å². The lowest BCUT2D eigenvalue weighted by molar-refractivity contribution is -0.134. The van der Waals surface area contributed by atoms with Crippen LogP contribution in [0.3, 0.4) is 0 Å². The summed E-state index contributed by atoms with van der Waals surface area (Å²) < 4.78 is 8.21. The van der Waals surface area contributed by atoms with Crippen molar-refractivity contribution in [3.63, 3.8) is 0 Å². The van der Waals surface area contributed by atoms with Crippen molar-refractivity contribution in [2.24, 2.45) is 5.73 Å². The van der Waals surface area contributed by atoms with Crippen molar-refractivity contribution in [2.45, 2.75) is 26.5 Å². The lowest BCUT2D eigenvalue weighted by Crippen LogP contribution is -2.11. The summed E-state index contributed by atoms with van der Waals surface area (Å²) >= 11 is 0. The number of aromatic nitrogens is 3. The van der Waals surface area contributed by atoms with Crippen LogP contribution in [-0.4, -0.2) is 32.2 Å². The first-order chi connectivity index (χ1) is 19.4. The molecular weight excluding hydrogens is 504 g/mol. The van der Waals surface area contributed by atoms with Gasteiger partial charge in [-0.2, -0.15) is 0 Å². The SMILES string of the molecule is CC(=O)O.NCCCn1cc(-c2nc3cc4ccccc4cc3[nH]c2=O)c2ccc(OCc3ccccc3)cc21. The van der Waals surface area contributed by atoms with Gasteiger partial charge in [0.05, 0.1) is 16.6 Å².